The number of amides is 1. The van der Waals surface area contributed by atoms with Crippen molar-refractivity contribution in [2.75, 3.05) is 19.8 Å². The van der Waals surface area contributed by atoms with Crippen LogP contribution in [-0.2, 0) is 19.7 Å². The third-order valence-corrected chi connectivity index (χ3v) is 4.43. The summed E-state index contributed by atoms with van der Waals surface area (Å²) in [5.74, 6) is -1.20. The highest BCUT2D eigenvalue weighted by Crippen LogP contribution is 2.28. The van der Waals surface area contributed by atoms with E-state index in [0.29, 0.717) is 25.2 Å². The minimum absolute atomic E-state index is 0.0954. The van der Waals surface area contributed by atoms with Crippen LogP contribution in [0.2, 0.25) is 0 Å². The quantitative estimate of drug-likeness (QED) is 0.842. The summed E-state index contributed by atoms with van der Waals surface area (Å²) >= 11 is 0. The molecule has 1 fully saturated rings. The molecular formula is C17H23NO4. The van der Waals surface area contributed by atoms with Crippen LogP contribution in [0.1, 0.15) is 31.7 Å². The molecule has 1 amide bonds. The second-order valence-corrected chi connectivity index (χ2v) is 5.74. The van der Waals surface area contributed by atoms with E-state index >= 15 is 0 Å². The smallest absolute Gasteiger partial charge is 0.315 e. The van der Waals surface area contributed by atoms with Crippen LogP contribution in [0, 0.1) is 5.92 Å². The maximum atomic E-state index is 12.2. The predicted octanol–water partition coefficient (Wildman–Crippen LogP) is 1.96. The normalized spacial score (nSPS) is 20.9. The Hall–Kier alpha value is -1.88. The highest BCUT2D eigenvalue weighted by atomic mass is 16.5. The van der Waals surface area contributed by atoms with Gasteiger partial charge in [0, 0.05) is 13.2 Å². The minimum Gasteiger partial charge on any atom is -0.481 e. The first kappa shape index (κ1) is 16.5. The van der Waals surface area contributed by atoms with Crippen molar-refractivity contribution in [3.63, 3.8) is 0 Å². The molecule has 1 aromatic carbocycles. The van der Waals surface area contributed by atoms with Crippen LogP contribution in [0.4, 0.5) is 0 Å². The Bertz CT molecular complexity index is 511. The predicted molar refractivity (Wildman–Crippen MR) is 82.6 cm³/mol. The van der Waals surface area contributed by atoms with E-state index in [0.717, 1.165) is 12.8 Å². The number of hydrogen-bond donors (Lipinski definition) is 2. The molecule has 1 aromatic rings. The van der Waals surface area contributed by atoms with E-state index in [9.17, 15) is 14.7 Å². The fraction of sp³-hybridized carbons (Fsp3) is 0.529. The van der Waals surface area contributed by atoms with E-state index in [4.69, 9.17) is 4.74 Å². The average molecular weight is 305 g/mol. The van der Waals surface area contributed by atoms with Gasteiger partial charge in [-0.2, -0.15) is 0 Å². The van der Waals surface area contributed by atoms with Crippen LogP contribution in [-0.4, -0.2) is 36.7 Å². The number of carboxylic acids is 1. The summed E-state index contributed by atoms with van der Waals surface area (Å²) in [6.45, 7) is 3.04. The zero-order valence-corrected chi connectivity index (χ0v) is 12.9. The zero-order valence-electron chi connectivity index (χ0n) is 12.9. The van der Waals surface area contributed by atoms with Gasteiger partial charge in [-0.15, -0.1) is 0 Å². The Morgan fingerprint density at radius 1 is 1.36 bits per heavy atom. The second-order valence-electron chi connectivity index (χ2n) is 5.74. The van der Waals surface area contributed by atoms with Crippen molar-refractivity contribution in [3.05, 3.63) is 35.9 Å². The third kappa shape index (κ3) is 3.47. The number of aliphatic carboxylic acids is 1. The van der Waals surface area contributed by atoms with E-state index in [2.05, 4.69) is 5.32 Å². The van der Waals surface area contributed by atoms with E-state index in [1.54, 1.807) is 12.1 Å². The molecule has 2 unspecified atom stereocenters. The van der Waals surface area contributed by atoms with Gasteiger partial charge in [0.25, 0.3) is 0 Å². The van der Waals surface area contributed by atoms with Gasteiger partial charge in [-0.3, -0.25) is 9.59 Å². The number of rotatable bonds is 6. The topological polar surface area (TPSA) is 75.6 Å². The molecule has 22 heavy (non-hydrogen) atoms. The SMILES string of the molecule is CCC(CNC(=O)C1CCCOC1)(C(=O)O)c1ccccc1. The number of carboxylic acid groups (broad SMARTS) is 1. The summed E-state index contributed by atoms with van der Waals surface area (Å²) in [4.78, 5) is 24.1. The summed E-state index contributed by atoms with van der Waals surface area (Å²) in [6.07, 6.45) is 2.08. The van der Waals surface area contributed by atoms with Gasteiger partial charge in [0.2, 0.25) is 5.91 Å². The lowest BCUT2D eigenvalue weighted by molar-refractivity contribution is -0.144. The highest BCUT2D eigenvalue weighted by molar-refractivity contribution is 5.84. The molecule has 2 N–H and O–H groups in total. The van der Waals surface area contributed by atoms with E-state index < -0.39 is 11.4 Å². The molecule has 1 heterocycles. The number of hydrogen-bond acceptors (Lipinski definition) is 3. The number of carbonyl (C=O) groups is 2. The molecule has 0 radical (unpaired) electrons. The first-order valence-corrected chi connectivity index (χ1v) is 7.74. The first-order chi connectivity index (χ1) is 10.6. The summed E-state index contributed by atoms with van der Waals surface area (Å²) in [5, 5.41) is 12.5. The van der Waals surface area contributed by atoms with Gasteiger partial charge < -0.3 is 15.2 Å². The summed E-state index contributed by atoms with van der Waals surface area (Å²) in [5.41, 5.74) is -0.378. The molecule has 1 aliphatic heterocycles. The maximum absolute atomic E-state index is 12.2. The molecule has 1 saturated heterocycles. The van der Waals surface area contributed by atoms with Gasteiger partial charge in [0.1, 0.15) is 5.41 Å². The Balaban J connectivity index is 2.10. The minimum atomic E-state index is -1.09. The van der Waals surface area contributed by atoms with E-state index in [-0.39, 0.29) is 18.4 Å². The van der Waals surface area contributed by atoms with Crippen LogP contribution in [0.5, 0.6) is 0 Å². The van der Waals surface area contributed by atoms with Crippen molar-refractivity contribution >= 4 is 11.9 Å². The van der Waals surface area contributed by atoms with Crippen molar-refractivity contribution < 1.29 is 19.4 Å². The van der Waals surface area contributed by atoms with Crippen molar-refractivity contribution in [3.8, 4) is 0 Å². The molecule has 0 bridgehead atoms. The van der Waals surface area contributed by atoms with Crippen molar-refractivity contribution in [1.29, 1.82) is 0 Å². The highest BCUT2D eigenvalue weighted by Gasteiger charge is 2.39. The van der Waals surface area contributed by atoms with Crippen LogP contribution >= 0.6 is 0 Å². The van der Waals surface area contributed by atoms with Crippen molar-refractivity contribution in [2.45, 2.75) is 31.6 Å². The number of carbonyl (C=O) groups excluding carboxylic acids is 1. The standard InChI is InChI=1S/C17H23NO4/c1-2-17(16(20)21,14-8-4-3-5-9-14)12-18-15(19)13-7-6-10-22-11-13/h3-5,8-9,13H,2,6-7,10-12H2,1H3,(H,18,19)(H,20,21). The average Bonchev–Trinajstić information content (AvgIpc) is 2.57. The van der Waals surface area contributed by atoms with Gasteiger partial charge in [-0.1, -0.05) is 37.3 Å². The molecule has 1 aliphatic rings. The molecule has 120 valence electrons. The van der Waals surface area contributed by atoms with Crippen LogP contribution in [0.3, 0.4) is 0 Å². The number of nitrogens with one attached hydrogen (secondary N) is 1. The van der Waals surface area contributed by atoms with Crippen molar-refractivity contribution in [2.24, 2.45) is 5.92 Å². The molecular weight excluding hydrogens is 282 g/mol. The zero-order chi connectivity index (χ0) is 16.0. The number of benzene rings is 1. The van der Waals surface area contributed by atoms with E-state index in [1.165, 1.54) is 0 Å². The van der Waals surface area contributed by atoms with Crippen LogP contribution < -0.4 is 5.32 Å². The summed E-state index contributed by atoms with van der Waals surface area (Å²) < 4.78 is 5.32. The second kappa shape index (κ2) is 7.40. The largest absolute Gasteiger partial charge is 0.481 e. The molecule has 5 nitrogen and oxygen atoms in total. The Morgan fingerprint density at radius 2 is 2.09 bits per heavy atom. The van der Waals surface area contributed by atoms with Gasteiger partial charge >= 0.3 is 5.97 Å². The van der Waals surface area contributed by atoms with Crippen molar-refractivity contribution in [1.82, 2.24) is 5.32 Å². The van der Waals surface area contributed by atoms with E-state index in [1.807, 2.05) is 25.1 Å². The molecule has 5 heteroatoms. The summed E-state index contributed by atoms with van der Waals surface area (Å²) in [7, 11) is 0. The number of ether oxygens (including phenoxy) is 1. The van der Waals surface area contributed by atoms with Gasteiger partial charge in [0.15, 0.2) is 0 Å². The summed E-state index contributed by atoms with van der Waals surface area (Å²) in [6, 6.07) is 9.09. The lowest BCUT2D eigenvalue weighted by Gasteiger charge is -2.30. The first-order valence-electron chi connectivity index (χ1n) is 7.74. The molecule has 0 aliphatic carbocycles. The molecule has 0 spiro atoms. The maximum Gasteiger partial charge on any atom is 0.315 e. The lowest BCUT2D eigenvalue weighted by atomic mass is 9.78. The van der Waals surface area contributed by atoms with Crippen LogP contribution in [0.15, 0.2) is 30.3 Å². The van der Waals surface area contributed by atoms with Gasteiger partial charge in [-0.25, -0.2) is 0 Å². The monoisotopic (exact) mass is 305 g/mol. The lowest BCUT2D eigenvalue weighted by Crippen LogP contribution is -2.48. The third-order valence-electron chi connectivity index (χ3n) is 4.43. The molecule has 0 saturated carbocycles. The molecule has 0 aromatic heterocycles. The fourth-order valence-corrected chi connectivity index (χ4v) is 2.87. The molecule has 2 atom stereocenters. The van der Waals surface area contributed by atoms with Gasteiger partial charge in [-0.05, 0) is 24.8 Å². The van der Waals surface area contributed by atoms with Crippen LogP contribution in [0.25, 0.3) is 0 Å². The fourth-order valence-electron chi connectivity index (χ4n) is 2.87. The Labute approximate surface area is 130 Å². The molecule has 2 rings (SSSR count). The van der Waals surface area contributed by atoms with Gasteiger partial charge in [0.05, 0.1) is 12.5 Å². The Morgan fingerprint density at radius 3 is 2.64 bits per heavy atom. The Kier molecular flexibility index (Phi) is 5.55.